The minimum absolute atomic E-state index is 0.157. The molecular weight excluding hydrogens is 216 g/mol. The molecule has 0 saturated carbocycles. The number of benzene rings is 1. The molecule has 0 atom stereocenters. The number of carboxylic acids is 1. The van der Waals surface area contributed by atoms with Gasteiger partial charge in [0.15, 0.2) is 0 Å². The Morgan fingerprint density at radius 2 is 2.29 bits per heavy atom. The molecule has 0 fully saturated rings. The fourth-order valence-corrected chi connectivity index (χ4v) is 1.50. The molecule has 0 aliphatic heterocycles. The van der Waals surface area contributed by atoms with Crippen molar-refractivity contribution in [1.29, 1.82) is 5.26 Å². The summed E-state index contributed by atoms with van der Waals surface area (Å²) in [5, 5.41) is 17.8. The maximum atomic E-state index is 10.7. The second-order valence-corrected chi connectivity index (χ2v) is 3.59. The van der Waals surface area contributed by atoms with Crippen LogP contribution >= 0.6 is 0 Å². The molecule has 0 saturated heterocycles. The third kappa shape index (κ3) is 3.25. The Labute approximate surface area is 100 Å². The number of rotatable bonds is 4. The molecule has 0 aromatic heterocycles. The van der Waals surface area contributed by atoms with Crippen LogP contribution in [0.1, 0.15) is 11.1 Å². The molecule has 1 rings (SSSR count). The summed E-state index contributed by atoms with van der Waals surface area (Å²) in [6.07, 6.45) is 5.20. The SMILES string of the molecule is C#CCN(CC(=O)O)c1cc(C)ccc1C#N. The quantitative estimate of drug-likeness (QED) is 0.791. The van der Waals surface area contributed by atoms with Gasteiger partial charge in [-0.05, 0) is 24.6 Å². The molecule has 0 bridgehead atoms. The van der Waals surface area contributed by atoms with Gasteiger partial charge in [0.1, 0.15) is 12.6 Å². The van der Waals surface area contributed by atoms with E-state index in [0.717, 1.165) is 5.56 Å². The van der Waals surface area contributed by atoms with Crippen molar-refractivity contribution >= 4 is 11.7 Å². The zero-order chi connectivity index (χ0) is 12.8. The molecule has 0 heterocycles. The Morgan fingerprint density at radius 1 is 1.59 bits per heavy atom. The lowest BCUT2D eigenvalue weighted by Crippen LogP contribution is -2.30. The average molecular weight is 228 g/mol. The van der Waals surface area contributed by atoms with Crippen LogP contribution in [0.3, 0.4) is 0 Å². The van der Waals surface area contributed by atoms with Crippen molar-refractivity contribution < 1.29 is 9.90 Å². The summed E-state index contributed by atoms with van der Waals surface area (Å²) in [4.78, 5) is 12.2. The van der Waals surface area contributed by atoms with E-state index in [9.17, 15) is 4.79 Å². The fourth-order valence-electron chi connectivity index (χ4n) is 1.50. The van der Waals surface area contributed by atoms with Gasteiger partial charge >= 0.3 is 5.97 Å². The minimum Gasteiger partial charge on any atom is -0.480 e. The largest absolute Gasteiger partial charge is 0.480 e. The number of hydrogen-bond donors (Lipinski definition) is 1. The van der Waals surface area contributed by atoms with Gasteiger partial charge in [0, 0.05) is 0 Å². The van der Waals surface area contributed by atoms with Crippen molar-refractivity contribution in [1.82, 2.24) is 0 Å². The Balaban J connectivity index is 3.17. The van der Waals surface area contributed by atoms with E-state index in [1.165, 1.54) is 4.90 Å². The molecule has 1 aromatic rings. The zero-order valence-corrected chi connectivity index (χ0v) is 9.47. The maximum Gasteiger partial charge on any atom is 0.323 e. The predicted molar refractivity (Wildman–Crippen MR) is 64.6 cm³/mol. The van der Waals surface area contributed by atoms with Crippen LogP contribution in [0.15, 0.2) is 18.2 Å². The number of nitrogens with zero attached hydrogens (tertiary/aromatic N) is 2. The second-order valence-electron chi connectivity index (χ2n) is 3.59. The third-order valence-corrected chi connectivity index (χ3v) is 2.22. The maximum absolute atomic E-state index is 10.7. The normalized spacial score (nSPS) is 9.12. The average Bonchev–Trinajstić information content (AvgIpc) is 2.28. The van der Waals surface area contributed by atoms with Gasteiger partial charge in [-0.2, -0.15) is 5.26 Å². The van der Waals surface area contributed by atoms with Crippen molar-refractivity contribution in [3.8, 4) is 18.4 Å². The number of aryl methyl sites for hydroxylation is 1. The van der Waals surface area contributed by atoms with Crippen LogP contribution in [0.2, 0.25) is 0 Å². The van der Waals surface area contributed by atoms with Crippen LogP contribution < -0.4 is 4.90 Å². The monoisotopic (exact) mass is 228 g/mol. The second kappa shape index (κ2) is 5.58. The number of anilines is 1. The fraction of sp³-hybridized carbons (Fsp3) is 0.231. The van der Waals surface area contributed by atoms with Crippen molar-refractivity contribution in [2.45, 2.75) is 6.92 Å². The molecule has 0 radical (unpaired) electrons. The van der Waals surface area contributed by atoms with Gasteiger partial charge in [0.05, 0.1) is 17.8 Å². The van der Waals surface area contributed by atoms with E-state index in [1.807, 2.05) is 13.0 Å². The summed E-state index contributed by atoms with van der Waals surface area (Å²) >= 11 is 0. The summed E-state index contributed by atoms with van der Waals surface area (Å²) in [5.74, 6) is 1.41. The number of terminal acetylenes is 1. The summed E-state index contributed by atoms with van der Waals surface area (Å²) in [5.41, 5.74) is 1.94. The third-order valence-electron chi connectivity index (χ3n) is 2.22. The van der Waals surface area contributed by atoms with Gasteiger partial charge in [-0.3, -0.25) is 4.79 Å². The van der Waals surface area contributed by atoms with Gasteiger partial charge in [0.25, 0.3) is 0 Å². The number of aliphatic carboxylic acids is 1. The summed E-state index contributed by atoms with van der Waals surface area (Å²) in [7, 11) is 0. The first-order valence-corrected chi connectivity index (χ1v) is 4.99. The summed E-state index contributed by atoms with van der Waals surface area (Å²) in [6, 6.07) is 7.26. The number of hydrogen-bond acceptors (Lipinski definition) is 3. The van der Waals surface area contributed by atoms with Crippen LogP contribution in [-0.4, -0.2) is 24.2 Å². The molecule has 0 amide bonds. The summed E-state index contributed by atoms with van der Waals surface area (Å²) < 4.78 is 0. The van der Waals surface area contributed by atoms with Crippen molar-refractivity contribution in [2.24, 2.45) is 0 Å². The first kappa shape index (κ1) is 12.6. The molecule has 4 heteroatoms. The number of nitriles is 1. The van der Waals surface area contributed by atoms with Crippen LogP contribution in [0, 0.1) is 30.6 Å². The van der Waals surface area contributed by atoms with E-state index in [0.29, 0.717) is 11.3 Å². The van der Waals surface area contributed by atoms with E-state index < -0.39 is 5.97 Å². The van der Waals surface area contributed by atoms with E-state index in [-0.39, 0.29) is 13.1 Å². The topological polar surface area (TPSA) is 64.3 Å². The summed E-state index contributed by atoms with van der Waals surface area (Å²) in [6.45, 7) is 1.81. The highest BCUT2D eigenvalue weighted by atomic mass is 16.4. The van der Waals surface area contributed by atoms with Gasteiger partial charge < -0.3 is 10.0 Å². The zero-order valence-electron chi connectivity index (χ0n) is 9.47. The van der Waals surface area contributed by atoms with Crippen molar-refractivity contribution in [3.05, 3.63) is 29.3 Å². The minimum atomic E-state index is -0.981. The van der Waals surface area contributed by atoms with Gasteiger partial charge in [-0.25, -0.2) is 0 Å². The highest BCUT2D eigenvalue weighted by Gasteiger charge is 2.13. The smallest absolute Gasteiger partial charge is 0.323 e. The van der Waals surface area contributed by atoms with Gasteiger partial charge in [-0.15, -0.1) is 6.42 Å². The highest BCUT2D eigenvalue weighted by Crippen LogP contribution is 2.21. The number of carbonyl (C=O) groups is 1. The van der Waals surface area contributed by atoms with Crippen molar-refractivity contribution in [3.63, 3.8) is 0 Å². The lowest BCUT2D eigenvalue weighted by atomic mass is 10.1. The molecular formula is C13H12N2O2. The first-order chi connectivity index (χ1) is 8.08. The highest BCUT2D eigenvalue weighted by molar-refractivity contribution is 5.75. The Kier molecular flexibility index (Phi) is 4.14. The Hall–Kier alpha value is -2.46. The van der Waals surface area contributed by atoms with E-state index >= 15 is 0 Å². The Bertz CT molecular complexity index is 509. The molecule has 86 valence electrons. The van der Waals surface area contributed by atoms with Gasteiger partial charge in [-0.1, -0.05) is 12.0 Å². The van der Waals surface area contributed by atoms with Crippen LogP contribution in [-0.2, 0) is 4.79 Å². The predicted octanol–water partition coefficient (Wildman–Crippen LogP) is 1.39. The van der Waals surface area contributed by atoms with Crippen molar-refractivity contribution in [2.75, 3.05) is 18.0 Å². The molecule has 0 aliphatic rings. The van der Waals surface area contributed by atoms with E-state index in [1.54, 1.807) is 18.2 Å². The molecule has 4 nitrogen and oxygen atoms in total. The van der Waals surface area contributed by atoms with Gasteiger partial charge in [0.2, 0.25) is 0 Å². The molecule has 1 aromatic carbocycles. The molecule has 17 heavy (non-hydrogen) atoms. The van der Waals surface area contributed by atoms with E-state index in [4.69, 9.17) is 16.8 Å². The lowest BCUT2D eigenvalue weighted by molar-refractivity contribution is -0.135. The lowest BCUT2D eigenvalue weighted by Gasteiger charge is -2.21. The molecule has 0 spiro atoms. The van der Waals surface area contributed by atoms with E-state index in [2.05, 4.69) is 5.92 Å². The molecule has 0 aliphatic carbocycles. The standard InChI is InChI=1S/C13H12N2O2/c1-3-6-15(9-13(16)17)12-7-10(2)4-5-11(12)8-14/h1,4-5,7H,6,9H2,2H3,(H,16,17). The molecule has 1 N–H and O–H groups in total. The Morgan fingerprint density at radius 3 is 2.82 bits per heavy atom. The van der Waals surface area contributed by atoms with Crippen LogP contribution in [0.25, 0.3) is 0 Å². The molecule has 0 unspecified atom stereocenters. The number of carboxylic acid groups (broad SMARTS) is 1. The first-order valence-electron chi connectivity index (χ1n) is 4.99. The van der Waals surface area contributed by atoms with Crippen LogP contribution in [0.4, 0.5) is 5.69 Å². The van der Waals surface area contributed by atoms with Crippen LogP contribution in [0.5, 0.6) is 0 Å².